The maximum absolute atomic E-state index is 11.6. The molecule has 0 aliphatic rings. The second-order valence-electron chi connectivity index (χ2n) is 5.42. The van der Waals surface area contributed by atoms with E-state index in [1.54, 1.807) is 27.7 Å². The van der Waals surface area contributed by atoms with Gasteiger partial charge in [0.25, 0.3) is 0 Å². The summed E-state index contributed by atoms with van der Waals surface area (Å²) in [5, 5.41) is 0. The number of rotatable bonds is 4. The molecular formula is C11H22N2O3. The van der Waals surface area contributed by atoms with Crippen molar-refractivity contribution in [1.29, 1.82) is 0 Å². The lowest BCUT2D eigenvalue weighted by Crippen LogP contribution is -2.51. The molecule has 0 aromatic heterocycles. The van der Waals surface area contributed by atoms with Crippen LogP contribution in [0.1, 0.15) is 41.0 Å². The maximum Gasteiger partial charge on any atom is 0.309 e. The molecule has 5 heteroatoms. The summed E-state index contributed by atoms with van der Waals surface area (Å²) in [5.41, 5.74) is 9.09. The molecule has 0 aliphatic carbocycles. The summed E-state index contributed by atoms with van der Waals surface area (Å²) in [4.78, 5) is 22.6. The minimum atomic E-state index is -1.18. The normalized spacial score (nSPS) is 17.4. The third kappa shape index (κ3) is 5.11. The number of esters is 1. The second-order valence-corrected chi connectivity index (χ2v) is 5.42. The van der Waals surface area contributed by atoms with Crippen LogP contribution in [0.2, 0.25) is 0 Å². The Morgan fingerprint density at radius 2 is 1.69 bits per heavy atom. The third-order valence-corrected chi connectivity index (χ3v) is 2.10. The fraction of sp³-hybridized carbons (Fsp3) is 0.818. The Kier molecular flexibility index (Phi) is 4.49. The summed E-state index contributed by atoms with van der Waals surface area (Å²) in [7, 11) is 0. The Morgan fingerprint density at radius 1 is 1.25 bits per heavy atom. The van der Waals surface area contributed by atoms with Gasteiger partial charge in [-0.2, -0.15) is 0 Å². The van der Waals surface area contributed by atoms with Gasteiger partial charge in [0.05, 0.1) is 11.5 Å². The fourth-order valence-electron chi connectivity index (χ4n) is 1.22. The number of hydrogen-bond acceptors (Lipinski definition) is 4. The van der Waals surface area contributed by atoms with E-state index in [-0.39, 0.29) is 12.4 Å². The summed E-state index contributed by atoms with van der Waals surface area (Å²) in [5.74, 6) is -1.45. The minimum absolute atomic E-state index is 0.178. The largest absolute Gasteiger partial charge is 0.460 e. The van der Waals surface area contributed by atoms with Gasteiger partial charge in [-0.25, -0.2) is 0 Å². The molecule has 0 rings (SSSR count). The van der Waals surface area contributed by atoms with E-state index in [0.29, 0.717) is 0 Å². The highest BCUT2D eigenvalue weighted by atomic mass is 16.6. The van der Waals surface area contributed by atoms with Crippen LogP contribution in [0.5, 0.6) is 0 Å². The SMILES string of the molecule is CC(CC(C)(N)C(N)=O)C(=O)OC(C)(C)C. The molecule has 0 heterocycles. The standard InChI is InChI=1S/C11H22N2O3/c1-7(6-11(5,13)9(12)15)8(14)16-10(2,3)4/h7H,6,13H2,1-5H3,(H2,12,15). The van der Waals surface area contributed by atoms with E-state index in [2.05, 4.69) is 0 Å². The molecule has 0 aliphatic heterocycles. The monoisotopic (exact) mass is 230 g/mol. The minimum Gasteiger partial charge on any atom is -0.460 e. The number of carbonyl (C=O) groups is 2. The highest BCUT2D eigenvalue weighted by Gasteiger charge is 2.32. The second kappa shape index (κ2) is 4.82. The Balaban J connectivity index is 4.43. The van der Waals surface area contributed by atoms with Crippen LogP contribution in [0.25, 0.3) is 0 Å². The van der Waals surface area contributed by atoms with Gasteiger partial charge in [-0.15, -0.1) is 0 Å². The molecule has 0 saturated heterocycles. The van der Waals surface area contributed by atoms with Crippen molar-refractivity contribution in [2.24, 2.45) is 17.4 Å². The number of primary amides is 1. The van der Waals surface area contributed by atoms with Gasteiger partial charge in [-0.1, -0.05) is 6.92 Å². The van der Waals surface area contributed by atoms with Crippen LogP contribution in [0.3, 0.4) is 0 Å². The van der Waals surface area contributed by atoms with Crippen LogP contribution in [-0.4, -0.2) is 23.0 Å². The summed E-state index contributed by atoms with van der Waals surface area (Å²) >= 11 is 0. The van der Waals surface area contributed by atoms with Gasteiger partial charge in [0.15, 0.2) is 0 Å². The molecule has 0 aromatic carbocycles. The lowest BCUT2D eigenvalue weighted by atomic mass is 9.90. The van der Waals surface area contributed by atoms with Crippen LogP contribution in [-0.2, 0) is 14.3 Å². The zero-order valence-electron chi connectivity index (χ0n) is 10.7. The lowest BCUT2D eigenvalue weighted by Gasteiger charge is -2.26. The lowest BCUT2D eigenvalue weighted by molar-refractivity contribution is -0.160. The number of nitrogens with two attached hydrogens (primary N) is 2. The Morgan fingerprint density at radius 3 is 2.00 bits per heavy atom. The molecule has 0 aromatic rings. The number of hydrogen-bond donors (Lipinski definition) is 2. The molecule has 4 N–H and O–H groups in total. The Bertz CT molecular complexity index is 279. The van der Waals surface area contributed by atoms with E-state index >= 15 is 0 Å². The Hall–Kier alpha value is -1.10. The van der Waals surface area contributed by atoms with Crippen LogP contribution in [0, 0.1) is 5.92 Å². The zero-order chi connectivity index (χ0) is 13.1. The van der Waals surface area contributed by atoms with Gasteiger partial charge in [-0.3, -0.25) is 9.59 Å². The molecule has 0 bridgehead atoms. The molecule has 16 heavy (non-hydrogen) atoms. The first-order valence-corrected chi connectivity index (χ1v) is 5.27. The smallest absolute Gasteiger partial charge is 0.309 e. The highest BCUT2D eigenvalue weighted by molar-refractivity contribution is 5.85. The molecule has 1 amide bonds. The third-order valence-electron chi connectivity index (χ3n) is 2.10. The number of carbonyl (C=O) groups excluding carboxylic acids is 2. The van der Waals surface area contributed by atoms with E-state index in [1.807, 2.05) is 0 Å². The summed E-state index contributed by atoms with van der Waals surface area (Å²) in [6, 6.07) is 0. The number of amides is 1. The van der Waals surface area contributed by atoms with Crippen LogP contribution in [0.4, 0.5) is 0 Å². The van der Waals surface area contributed by atoms with Crippen LogP contribution < -0.4 is 11.5 Å². The average molecular weight is 230 g/mol. The molecule has 2 atom stereocenters. The van der Waals surface area contributed by atoms with Crippen molar-refractivity contribution < 1.29 is 14.3 Å². The zero-order valence-corrected chi connectivity index (χ0v) is 10.7. The molecule has 0 saturated carbocycles. The summed E-state index contributed by atoms with van der Waals surface area (Å²) in [6.07, 6.45) is 0.178. The first-order valence-electron chi connectivity index (χ1n) is 5.27. The van der Waals surface area contributed by atoms with Crippen molar-refractivity contribution >= 4 is 11.9 Å². The predicted molar refractivity (Wildman–Crippen MR) is 61.4 cm³/mol. The van der Waals surface area contributed by atoms with Gasteiger partial charge in [-0.05, 0) is 34.1 Å². The van der Waals surface area contributed by atoms with E-state index in [4.69, 9.17) is 16.2 Å². The van der Waals surface area contributed by atoms with Gasteiger partial charge in [0.1, 0.15) is 5.60 Å². The van der Waals surface area contributed by atoms with Crippen molar-refractivity contribution in [2.75, 3.05) is 0 Å². The molecule has 0 spiro atoms. The highest BCUT2D eigenvalue weighted by Crippen LogP contribution is 2.18. The number of ether oxygens (including phenoxy) is 1. The van der Waals surface area contributed by atoms with Crippen LogP contribution in [0.15, 0.2) is 0 Å². The van der Waals surface area contributed by atoms with Crippen molar-refractivity contribution in [3.8, 4) is 0 Å². The molecule has 2 unspecified atom stereocenters. The first kappa shape index (κ1) is 14.9. The molecule has 0 radical (unpaired) electrons. The van der Waals surface area contributed by atoms with Crippen molar-refractivity contribution in [2.45, 2.75) is 52.2 Å². The van der Waals surface area contributed by atoms with Gasteiger partial charge < -0.3 is 16.2 Å². The maximum atomic E-state index is 11.6. The predicted octanol–water partition coefficient (Wildman–Crippen LogP) is 0.557. The quantitative estimate of drug-likeness (QED) is 0.690. The Labute approximate surface area is 96.5 Å². The molecule has 94 valence electrons. The molecule has 5 nitrogen and oxygen atoms in total. The summed E-state index contributed by atoms with van der Waals surface area (Å²) < 4.78 is 5.18. The summed E-state index contributed by atoms with van der Waals surface area (Å²) in [6.45, 7) is 8.53. The van der Waals surface area contributed by atoms with E-state index in [9.17, 15) is 9.59 Å². The van der Waals surface area contributed by atoms with Gasteiger partial charge in [0.2, 0.25) is 5.91 Å². The van der Waals surface area contributed by atoms with Crippen molar-refractivity contribution in [3.63, 3.8) is 0 Å². The van der Waals surface area contributed by atoms with Gasteiger partial charge >= 0.3 is 5.97 Å². The van der Waals surface area contributed by atoms with E-state index in [0.717, 1.165) is 0 Å². The molecular weight excluding hydrogens is 208 g/mol. The van der Waals surface area contributed by atoms with Crippen LogP contribution >= 0.6 is 0 Å². The molecule has 0 fully saturated rings. The fourth-order valence-corrected chi connectivity index (χ4v) is 1.22. The van der Waals surface area contributed by atoms with E-state index < -0.39 is 23.0 Å². The van der Waals surface area contributed by atoms with Crippen molar-refractivity contribution in [3.05, 3.63) is 0 Å². The van der Waals surface area contributed by atoms with E-state index in [1.165, 1.54) is 6.92 Å². The first-order chi connectivity index (χ1) is 6.96. The van der Waals surface area contributed by atoms with Gasteiger partial charge in [0, 0.05) is 0 Å². The topological polar surface area (TPSA) is 95.4 Å². The average Bonchev–Trinajstić information content (AvgIpc) is 1.99. The van der Waals surface area contributed by atoms with Crippen molar-refractivity contribution in [1.82, 2.24) is 0 Å².